The molecule has 2 aromatic heterocycles. The van der Waals surface area contributed by atoms with Gasteiger partial charge in [-0.2, -0.15) is 0 Å². The van der Waals surface area contributed by atoms with Crippen molar-refractivity contribution in [1.29, 1.82) is 0 Å². The predicted molar refractivity (Wildman–Crippen MR) is 69.8 cm³/mol. The second-order valence-corrected chi connectivity index (χ2v) is 4.23. The summed E-state index contributed by atoms with van der Waals surface area (Å²) >= 11 is 0. The van der Waals surface area contributed by atoms with E-state index in [1.54, 1.807) is 7.11 Å². The number of rotatable bonds is 5. The first-order valence-electron chi connectivity index (χ1n) is 5.98. The molecule has 0 aliphatic carbocycles. The lowest BCUT2D eigenvalue weighted by Crippen LogP contribution is -1.95. The maximum Gasteiger partial charge on any atom is 0.162 e. The van der Waals surface area contributed by atoms with Crippen LogP contribution in [0, 0.1) is 0 Å². The molecular weight excluding hydrogens is 244 g/mol. The summed E-state index contributed by atoms with van der Waals surface area (Å²) < 4.78 is 15.7. The summed E-state index contributed by atoms with van der Waals surface area (Å²) in [7, 11) is 1.62. The van der Waals surface area contributed by atoms with Gasteiger partial charge in [0.1, 0.15) is 24.7 Å². The minimum absolute atomic E-state index is 0.378. The van der Waals surface area contributed by atoms with Crippen molar-refractivity contribution >= 4 is 10.9 Å². The molecule has 1 N–H and O–H groups in total. The van der Waals surface area contributed by atoms with Crippen LogP contribution in [-0.2, 0) is 18.0 Å². The lowest BCUT2D eigenvalue weighted by Gasteiger charge is -2.03. The second kappa shape index (κ2) is 5.16. The Labute approximate surface area is 110 Å². The minimum Gasteiger partial charge on any atom is -0.487 e. The van der Waals surface area contributed by atoms with Crippen LogP contribution in [0.5, 0.6) is 5.75 Å². The molecule has 2 heterocycles. The average Bonchev–Trinajstić information content (AvgIpc) is 3.04. The van der Waals surface area contributed by atoms with E-state index in [-0.39, 0.29) is 0 Å². The van der Waals surface area contributed by atoms with E-state index in [2.05, 4.69) is 10.1 Å². The van der Waals surface area contributed by atoms with Gasteiger partial charge in [-0.05, 0) is 24.3 Å². The molecule has 0 atom stereocenters. The smallest absolute Gasteiger partial charge is 0.162 e. The number of H-pyrrole nitrogens is 1. The highest BCUT2D eigenvalue weighted by Crippen LogP contribution is 2.20. The highest BCUT2D eigenvalue weighted by molar-refractivity contribution is 5.80. The molecule has 5 heteroatoms. The number of hydrogen-bond donors (Lipinski definition) is 1. The molecule has 0 aliphatic rings. The number of fused-ring (bicyclic) bond motifs is 1. The third-order valence-electron chi connectivity index (χ3n) is 2.81. The zero-order valence-corrected chi connectivity index (χ0v) is 10.6. The zero-order chi connectivity index (χ0) is 13.1. The summed E-state index contributed by atoms with van der Waals surface area (Å²) in [5.41, 5.74) is 1.84. The fraction of sp³-hybridized carbons (Fsp3) is 0.214. The molecule has 0 radical (unpaired) electrons. The van der Waals surface area contributed by atoms with Crippen LogP contribution in [0.2, 0.25) is 0 Å². The molecule has 0 spiro atoms. The van der Waals surface area contributed by atoms with E-state index in [1.165, 1.54) is 0 Å². The Kier molecular flexibility index (Phi) is 3.20. The molecule has 5 nitrogen and oxygen atoms in total. The number of hydrogen-bond acceptors (Lipinski definition) is 4. The number of methoxy groups -OCH3 is 1. The molecule has 0 aliphatic heterocycles. The lowest BCUT2D eigenvalue weighted by molar-refractivity contribution is 0.155. The number of aromatic nitrogens is 2. The van der Waals surface area contributed by atoms with E-state index in [0.29, 0.717) is 19.0 Å². The van der Waals surface area contributed by atoms with Gasteiger partial charge in [0.05, 0.1) is 0 Å². The Hall–Kier alpha value is -2.27. The van der Waals surface area contributed by atoms with E-state index in [0.717, 1.165) is 22.3 Å². The highest BCUT2D eigenvalue weighted by atomic mass is 16.5. The Morgan fingerprint density at radius 2 is 2.16 bits per heavy atom. The minimum atomic E-state index is 0.378. The number of nitrogens with zero attached hydrogens (tertiary/aromatic N) is 1. The van der Waals surface area contributed by atoms with Crippen molar-refractivity contribution in [2.75, 3.05) is 7.11 Å². The monoisotopic (exact) mass is 258 g/mol. The number of benzene rings is 1. The van der Waals surface area contributed by atoms with Crippen molar-refractivity contribution in [3.05, 3.63) is 48.0 Å². The fourth-order valence-corrected chi connectivity index (χ4v) is 1.91. The van der Waals surface area contributed by atoms with E-state index < -0.39 is 0 Å². The molecule has 1 aromatic carbocycles. The van der Waals surface area contributed by atoms with E-state index in [4.69, 9.17) is 14.0 Å². The SMILES string of the molecule is COCc1cc(COc2ccc3[nH]ccc3c2)no1. The van der Waals surface area contributed by atoms with Crippen LogP contribution >= 0.6 is 0 Å². The van der Waals surface area contributed by atoms with Crippen molar-refractivity contribution < 1.29 is 14.0 Å². The molecular formula is C14H14N2O3. The predicted octanol–water partition coefficient (Wildman–Crippen LogP) is 2.88. The average molecular weight is 258 g/mol. The topological polar surface area (TPSA) is 60.3 Å². The second-order valence-electron chi connectivity index (χ2n) is 4.23. The standard InChI is InChI=1S/C14H14N2O3/c1-17-9-13-7-11(16-19-13)8-18-12-2-3-14-10(6-12)4-5-15-14/h2-7,15H,8-9H2,1H3. The molecule has 0 fully saturated rings. The largest absolute Gasteiger partial charge is 0.487 e. The molecule has 0 amide bonds. The first-order valence-corrected chi connectivity index (χ1v) is 5.98. The zero-order valence-electron chi connectivity index (χ0n) is 10.6. The first-order chi connectivity index (χ1) is 9.35. The van der Waals surface area contributed by atoms with Gasteiger partial charge >= 0.3 is 0 Å². The van der Waals surface area contributed by atoms with Crippen LogP contribution in [0.1, 0.15) is 11.5 Å². The van der Waals surface area contributed by atoms with Gasteiger partial charge in [-0.1, -0.05) is 5.16 Å². The summed E-state index contributed by atoms with van der Waals surface area (Å²) in [6, 6.07) is 9.74. The summed E-state index contributed by atoms with van der Waals surface area (Å²) in [5.74, 6) is 1.51. The third-order valence-corrected chi connectivity index (χ3v) is 2.81. The van der Waals surface area contributed by atoms with Crippen molar-refractivity contribution in [2.24, 2.45) is 0 Å². The molecule has 0 saturated carbocycles. The van der Waals surface area contributed by atoms with Crippen molar-refractivity contribution in [3.63, 3.8) is 0 Å². The number of nitrogens with one attached hydrogen (secondary N) is 1. The van der Waals surface area contributed by atoms with Crippen LogP contribution in [0.4, 0.5) is 0 Å². The van der Waals surface area contributed by atoms with Gasteiger partial charge in [-0.3, -0.25) is 0 Å². The van der Waals surface area contributed by atoms with Gasteiger partial charge in [-0.15, -0.1) is 0 Å². The van der Waals surface area contributed by atoms with Gasteiger partial charge in [0.15, 0.2) is 5.76 Å². The molecule has 0 unspecified atom stereocenters. The quantitative estimate of drug-likeness (QED) is 0.764. The number of aromatic amines is 1. The maximum absolute atomic E-state index is 5.68. The molecule has 0 bridgehead atoms. The Morgan fingerprint density at radius 1 is 1.21 bits per heavy atom. The molecule has 0 saturated heterocycles. The summed E-state index contributed by atoms with van der Waals surface area (Å²) in [5, 5.41) is 5.04. The van der Waals surface area contributed by atoms with Gasteiger partial charge in [0.2, 0.25) is 0 Å². The summed E-state index contributed by atoms with van der Waals surface area (Å²) in [6.07, 6.45) is 1.91. The Bertz CT molecular complexity index is 672. The third kappa shape index (κ3) is 2.61. The number of ether oxygens (including phenoxy) is 2. The molecule has 19 heavy (non-hydrogen) atoms. The van der Waals surface area contributed by atoms with Crippen molar-refractivity contribution in [3.8, 4) is 5.75 Å². The highest BCUT2D eigenvalue weighted by Gasteiger charge is 2.05. The van der Waals surface area contributed by atoms with E-state index in [1.807, 2.05) is 36.5 Å². The Balaban J connectivity index is 1.67. The van der Waals surface area contributed by atoms with Crippen LogP contribution in [-0.4, -0.2) is 17.3 Å². The lowest BCUT2D eigenvalue weighted by atomic mass is 10.2. The summed E-state index contributed by atoms with van der Waals surface area (Å²) in [4.78, 5) is 3.14. The van der Waals surface area contributed by atoms with Gasteiger partial charge in [0, 0.05) is 30.3 Å². The molecule has 3 rings (SSSR count). The maximum atomic E-state index is 5.68. The fourth-order valence-electron chi connectivity index (χ4n) is 1.91. The van der Waals surface area contributed by atoms with Crippen LogP contribution in [0.25, 0.3) is 10.9 Å². The van der Waals surface area contributed by atoms with Crippen molar-refractivity contribution in [2.45, 2.75) is 13.2 Å². The van der Waals surface area contributed by atoms with Crippen molar-refractivity contribution in [1.82, 2.24) is 10.1 Å². The molecule has 3 aromatic rings. The molecule has 98 valence electrons. The van der Waals surface area contributed by atoms with E-state index in [9.17, 15) is 0 Å². The van der Waals surface area contributed by atoms with Gasteiger partial charge in [0.25, 0.3) is 0 Å². The van der Waals surface area contributed by atoms with E-state index >= 15 is 0 Å². The van der Waals surface area contributed by atoms with Gasteiger partial charge < -0.3 is 19.0 Å². The summed E-state index contributed by atoms with van der Waals surface area (Å²) in [6.45, 7) is 0.797. The first kappa shape index (κ1) is 11.8. The van der Waals surface area contributed by atoms with Crippen LogP contribution in [0.3, 0.4) is 0 Å². The van der Waals surface area contributed by atoms with Crippen LogP contribution < -0.4 is 4.74 Å². The van der Waals surface area contributed by atoms with Crippen LogP contribution in [0.15, 0.2) is 41.1 Å². The van der Waals surface area contributed by atoms with Gasteiger partial charge in [-0.25, -0.2) is 0 Å². The normalized spacial score (nSPS) is 11.0. The Morgan fingerprint density at radius 3 is 3.05 bits per heavy atom.